The van der Waals surface area contributed by atoms with Crippen LogP contribution in [0.4, 0.5) is 5.69 Å². The van der Waals surface area contributed by atoms with E-state index in [9.17, 15) is 19.7 Å². The van der Waals surface area contributed by atoms with Crippen molar-refractivity contribution in [1.29, 1.82) is 0 Å². The molecule has 21 heavy (non-hydrogen) atoms. The lowest BCUT2D eigenvalue weighted by Gasteiger charge is -2.33. The normalized spacial score (nSPS) is 18.1. The summed E-state index contributed by atoms with van der Waals surface area (Å²) in [5.74, 6) is -0.987. The predicted molar refractivity (Wildman–Crippen MR) is 73.8 cm³/mol. The van der Waals surface area contributed by atoms with E-state index in [1.54, 1.807) is 6.07 Å². The van der Waals surface area contributed by atoms with Crippen LogP contribution >= 0.6 is 0 Å². The smallest absolute Gasteiger partial charge is 0.328 e. The number of nitro groups is 1. The van der Waals surface area contributed by atoms with Crippen LogP contribution in [0.15, 0.2) is 24.3 Å². The van der Waals surface area contributed by atoms with Crippen LogP contribution in [0, 0.1) is 10.1 Å². The van der Waals surface area contributed by atoms with Gasteiger partial charge in [-0.3, -0.25) is 14.9 Å². The topological polar surface area (TPSA) is 89.8 Å². The number of rotatable bonds is 3. The van der Waals surface area contributed by atoms with Crippen LogP contribution in [0.5, 0.6) is 0 Å². The number of benzene rings is 1. The minimum absolute atomic E-state index is 0.00157. The van der Waals surface area contributed by atoms with Crippen LogP contribution in [0.1, 0.15) is 29.6 Å². The number of likely N-dealkylation sites (tertiary alicyclic amines) is 1. The fourth-order valence-corrected chi connectivity index (χ4v) is 2.52. The fraction of sp³-hybridized carbons (Fsp3) is 0.429. The van der Waals surface area contributed by atoms with Gasteiger partial charge >= 0.3 is 5.97 Å². The van der Waals surface area contributed by atoms with Crippen LogP contribution in [0.25, 0.3) is 0 Å². The lowest BCUT2D eigenvalue weighted by Crippen LogP contribution is -2.48. The van der Waals surface area contributed by atoms with E-state index in [-0.39, 0.29) is 11.3 Å². The summed E-state index contributed by atoms with van der Waals surface area (Å²) in [7, 11) is 1.27. The van der Waals surface area contributed by atoms with Crippen LogP contribution in [-0.2, 0) is 9.53 Å². The summed E-state index contributed by atoms with van der Waals surface area (Å²) < 4.78 is 4.72. The average Bonchev–Trinajstić information content (AvgIpc) is 2.53. The first kappa shape index (κ1) is 15.0. The van der Waals surface area contributed by atoms with Gasteiger partial charge in [-0.1, -0.05) is 12.1 Å². The molecule has 1 aromatic rings. The van der Waals surface area contributed by atoms with Crippen LogP contribution < -0.4 is 0 Å². The van der Waals surface area contributed by atoms with Gasteiger partial charge < -0.3 is 9.64 Å². The SMILES string of the molecule is COC(=O)C1CCCCN1C(=O)c1ccccc1[N+](=O)[O-]. The van der Waals surface area contributed by atoms with E-state index < -0.39 is 22.8 Å². The number of ether oxygens (including phenoxy) is 1. The molecular formula is C14H16N2O5. The Hall–Kier alpha value is -2.44. The zero-order valence-electron chi connectivity index (χ0n) is 11.7. The summed E-state index contributed by atoms with van der Waals surface area (Å²) in [4.78, 5) is 36.2. The summed E-state index contributed by atoms with van der Waals surface area (Å²) in [5, 5.41) is 11.0. The molecule has 1 atom stereocenters. The standard InChI is InChI=1S/C14H16N2O5/c1-21-14(18)12-8-4-5-9-15(12)13(17)10-6-2-3-7-11(10)16(19)20/h2-3,6-7,12H,4-5,8-9H2,1H3. The number of nitro benzene ring substituents is 1. The van der Waals surface area contributed by atoms with E-state index in [4.69, 9.17) is 4.74 Å². The number of piperidine rings is 1. The summed E-state index contributed by atoms with van der Waals surface area (Å²) in [6, 6.07) is 5.09. The number of carbonyl (C=O) groups is 2. The Labute approximate surface area is 121 Å². The Morgan fingerprint density at radius 2 is 2.05 bits per heavy atom. The Balaban J connectivity index is 2.33. The third kappa shape index (κ3) is 3.01. The first-order valence-corrected chi connectivity index (χ1v) is 6.68. The highest BCUT2D eigenvalue weighted by atomic mass is 16.6. The molecule has 7 heteroatoms. The zero-order chi connectivity index (χ0) is 15.4. The molecule has 0 aliphatic carbocycles. The van der Waals surface area contributed by atoms with Gasteiger partial charge in [-0.2, -0.15) is 0 Å². The van der Waals surface area contributed by atoms with Crippen molar-refractivity contribution in [1.82, 2.24) is 4.90 Å². The molecule has 2 rings (SSSR count). The van der Waals surface area contributed by atoms with Crippen molar-refractivity contribution in [3.8, 4) is 0 Å². The molecule has 1 fully saturated rings. The summed E-state index contributed by atoms with van der Waals surface area (Å²) in [5.41, 5.74) is -0.255. The van der Waals surface area contributed by atoms with E-state index in [2.05, 4.69) is 0 Å². The largest absolute Gasteiger partial charge is 0.467 e. The number of amides is 1. The second kappa shape index (κ2) is 6.34. The van der Waals surface area contributed by atoms with Crippen molar-refractivity contribution in [2.45, 2.75) is 25.3 Å². The van der Waals surface area contributed by atoms with Gasteiger partial charge in [0.15, 0.2) is 0 Å². The van der Waals surface area contributed by atoms with Crippen LogP contribution in [-0.4, -0.2) is 41.4 Å². The van der Waals surface area contributed by atoms with Gasteiger partial charge in [-0.25, -0.2) is 4.79 Å². The fourth-order valence-electron chi connectivity index (χ4n) is 2.52. The lowest BCUT2D eigenvalue weighted by molar-refractivity contribution is -0.385. The van der Waals surface area contributed by atoms with E-state index in [0.717, 1.165) is 12.8 Å². The first-order valence-electron chi connectivity index (χ1n) is 6.68. The molecule has 0 bridgehead atoms. The number of nitrogens with zero attached hydrogens (tertiary/aromatic N) is 2. The third-order valence-corrected chi connectivity index (χ3v) is 3.57. The highest BCUT2D eigenvalue weighted by molar-refractivity contribution is 6.00. The molecule has 1 aliphatic heterocycles. The number of hydrogen-bond donors (Lipinski definition) is 0. The van der Waals surface area contributed by atoms with Gasteiger partial charge in [0.1, 0.15) is 11.6 Å². The van der Waals surface area contributed by atoms with Gasteiger partial charge in [-0.15, -0.1) is 0 Å². The molecule has 1 unspecified atom stereocenters. The molecule has 1 amide bonds. The van der Waals surface area contributed by atoms with Crippen molar-refractivity contribution >= 4 is 17.6 Å². The predicted octanol–water partition coefficient (Wildman–Crippen LogP) is 1.76. The molecule has 1 saturated heterocycles. The maximum atomic E-state index is 12.6. The van der Waals surface area contributed by atoms with E-state index in [1.165, 1.54) is 30.2 Å². The van der Waals surface area contributed by atoms with Crippen LogP contribution in [0.2, 0.25) is 0 Å². The summed E-state index contributed by atoms with van der Waals surface area (Å²) in [6.07, 6.45) is 2.10. The molecule has 1 aliphatic rings. The van der Waals surface area contributed by atoms with Gasteiger partial charge in [0.25, 0.3) is 11.6 Å². The Morgan fingerprint density at radius 1 is 1.33 bits per heavy atom. The number of hydrogen-bond acceptors (Lipinski definition) is 5. The highest BCUT2D eigenvalue weighted by Crippen LogP contribution is 2.25. The summed E-state index contributed by atoms with van der Waals surface area (Å²) >= 11 is 0. The van der Waals surface area contributed by atoms with Crippen molar-refractivity contribution in [3.05, 3.63) is 39.9 Å². The Kier molecular flexibility index (Phi) is 4.52. The van der Waals surface area contributed by atoms with Gasteiger partial charge in [0.2, 0.25) is 0 Å². The monoisotopic (exact) mass is 292 g/mol. The maximum absolute atomic E-state index is 12.6. The van der Waals surface area contributed by atoms with Crippen molar-refractivity contribution < 1.29 is 19.2 Å². The highest BCUT2D eigenvalue weighted by Gasteiger charge is 2.35. The van der Waals surface area contributed by atoms with E-state index in [1.807, 2.05) is 0 Å². The lowest BCUT2D eigenvalue weighted by atomic mass is 10.0. The second-order valence-corrected chi connectivity index (χ2v) is 4.81. The molecule has 0 N–H and O–H groups in total. The number of methoxy groups -OCH3 is 1. The molecule has 0 saturated carbocycles. The quantitative estimate of drug-likeness (QED) is 0.481. The molecule has 112 valence electrons. The van der Waals surface area contributed by atoms with Crippen LogP contribution in [0.3, 0.4) is 0 Å². The molecule has 0 radical (unpaired) electrons. The first-order chi connectivity index (χ1) is 10.1. The molecule has 1 heterocycles. The van der Waals surface area contributed by atoms with Crippen molar-refractivity contribution in [2.75, 3.05) is 13.7 Å². The van der Waals surface area contributed by atoms with E-state index in [0.29, 0.717) is 13.0 Å². The zero-order valence-corrected chi connectivity index (χ0v) is 11.7. The van der Waals surface area contributed by atoms with Gasteiger partial charge in [-0.05, 0) is 25.3 Å². The van der Waals surface area contributed by atoms with E-state index >= 15 is 0 Å². The number of esters is 1. The molecular weight excluding hydrogens is 276 g/mol. The maximum Gasteiger partial charge on any atom is 0.328 e. The molecule has 1 aromatic carbocycles. The second-order valence-electron chi connectivity index (χ2n) is 4.81. The third-order valence-electron chi connectivity index (χ3n) is 3.57. The molecule has 0 aromatic heterocycles. The Bertz CT molecular complexity index is 572. The van der Waals surface area contributed by atoms with Gasteiger partial charge in [0, 0.05) is 12.6 Å². The molecule has 0 spiro atoms. The molecule has 7 nitrogen and oxygen atoms in total. The number of para-hydroxylation sites is 1. The summed E-state index contributed by atoms with van der Waals surface area (Å²) in [6.45, 7) is 0.394. The number of carbonyl (C=O) groups excluding carboxylic acids is 2. The average molecular weight is 292 g/mol. The van der Waals surface area contributed by atoms with Crippen molar-refractivity contribution in [3.63, 3.8) is 0 Å². The minimum atomic E-state index is -0.670. The van der Waals surface area contributed by atoms with Crippen molar-refractivity contribution in [2.24, 2.45) is 0 Å². The minimum Gasteiger partial charge on any atom is -0.467 e. The van der Waals surface area contributed by atoms with Gasteiger partial charge in [0.05, 0.1) is 12.0 Å². The Morgan fingerprint density at radius 3 is 2.71 bits per heavy atom.